The molecule has 1 saturated carbocycles. The SMILES string of the molecule is CCC(=O)Oc1ccc2c3c1O[C@H]1[C@@H](O)CC[C@H]4[C@@H](C2)N(C)CC[C@@]341. The fraction of sp³-hybridized carbons (Fsp3) is 0.650. The molecule has 4 aliphatic rings. The van der Waals surface area contributed by atoms with Crippen molar-refractivity contribution in [1.82, 2.24) is 4.90 Å². The van der Waals surface area contributed by atoms with Crippen LogP contribution in [-0.2, 0) is 16.6 Å². The van der Waals surface area contributed by atoms with Gasteiger partial charge in [0.05, 0.1) is 6.10 Å². The van der Waals surface area contributed by atoms with Gasteiger partial charge in [0, 0.05) is 23.4 Å². The largest absolute Gasteiger partial charge is 0.483 e. The molecule has 2 heterocycles. The predicted octanol–water partition coefficient (Wildman–Crippen LogP) is 2.03. The Morgan fingerprint density at radius 1 is 1.44 bits per heavy atom. The molecular weight excluding hydrogens is 318 g/mol. The van der Waals surface area contributed by atoms with E-state index in [1.807, 2.05) is 6.07 Å². The third-order valence-electron chi connectivity index (χ3n) is 7.06. The summed E-state index contributed by atoms with van der Waals surface area (Å²) < 4.78 is 11.9. The number of ether oxygens (including phenoxy) is 2. The molecule has 5 heteroatoms. The molecule has 1 saturated heterocycles. The Bertz CT molecular complexity index is 747. The molecule has 2 bridgehead atoms. The van der Waals surface area contributed by atoms with Crippen LogP contribution < -0.4 is 9.47 Å². The highest BCUT2D eigenvalue weighted by Crippen LogP contribution is 2.63. The fourth-order valence-electron chi connectivity index (χ4n) is 5.97. The molecule has 1 N–H and O–H groups in total. The predicted molar refractivity (Wildman–Crippen MR) is 91.9 cm³/mol. The molecule has 1 aromatic carbocycles. The number of rotatable bonds is 2. The first-order valence-electron chi connectivity index (χ1n) is 9.48. The molecule has 5 atom stereocenters. The zero-order valence-corrected chi connectivity index (χ0v) is 14.8. The van der Waals surface area contributed by atoms with E-state index in [2.05, 4.69) is 18.0 Å². The molecular formula is C20H25NO4. The lowest BCUT2D eigenvalue weighted by Gasteiger charge is -2.58. The summed E-state index contributed by atoms with van der Waals surface area (Å²) >= 11 is 0. The summed E-state index contributed by atoms with van der Waals surface area (Å²) in [5.41, 5.74) is 2.41. The average molecular weight is 343 g/mol. The topological polar surface area (TPSA) is 59.0 Å². The van der Waals surface area contributed by atoms with E-state index in [0.29, 0.717) is 24.1 Å². The van der Waals surface area contributed by atoms with Crippen molar-refractivity contribution in [1.29, 1.82) is 0 Å². The molecule has 5 nitrogen and oxygen atoms in total. The number of carbonyl (C=O) groups excluding carboxylic acids is 1. The van der Waals surface area contributed by atoms with Crippen LogP contribution in [0, 0.1) is 5.92 Å². The van der Waals surface area contributed by atoms with E-state index >= 15 is 0 Å². The maximum Gasteiger partial charge on any atom is 0.311 e. The smallest absolute Gasteiger partial charge is 0.311 e. The summed E-state index contributed by atoms with van der Waals surface area (Å²) in [7, 11) is 2.22. The van der Waals surface area contributed by atoms with Crippen molar-refractivity contribution in [2.24, 2.45) is 5.92 Å². The number of benzene rings is 1. The van der Waals surface area contributed by atoms with Crippen LogP contribution in [0.5, 0.6) is 11.5 Å². The summed E-state index contributed by atoms with van der Waals surface area (Å²) in [5, 5.41) is 10.7. The number of esters is 1. The summed E-state index contributed by atoms with van der Waals surface area (Å²) in [6.45, 7) is 2.81. The Morgan fingerprint density at radius 3 is 3.08 bits per heavy atom. The van der Waals surface area contributed by atoms with Gasteiger partial charge in [0.15, 0.2) is 11.5 Å². The van der Waals surface area contributed by atoms with Gasteiger partial charge in [0.2, 0.25) is 0 Å². The minimum absolute atomic E-state index is 0.119. The first-order chi connectivity index (χ1) is 12.1. The van der Waals surface area contributed by atoms with Crippen molar-refractivity contribution in [2.45, 2.75) is 62.7 Å². The zero-order chi connectivity index (χ0) is 17.3. The van der Waals surface area contributed by atoms with Crippen LogP contribution in [0.2, 0.25) is 0 Å². The van der Waals surface area contributed by atoms with Gasteiger partial charge in [0.25, 0.3) is 0 Å². The van der Waals surface area contributed by atoms with Gasteiger partial charge in [-0.2, -0.15) is 0 Å². The average Bonchev–Trinajstić information content (AvgIpc) is 2.96. The first kappa shape index (κ1) is 15.6. The van der Waals surface area contributed by atoms with Crippen molar-refractivity contribution in [3.63, 3.8) is 0 Å². The van der Waals surface area contributed by atoms with Crippen molar-refractivity contribution in [3.05, 3.63) is 23.3 Å². The molecule has 134 valence electrons. The molecule has 2 fully saturated rings. The van der Waals surface area contributed by atoms with Gasteiger partial charge in [-0.3, -0.25) is 4.79 Å². The third-order valence-corrected chi connectivity index (χ3v) is 7.06. The second-order valence-corrected chi connectivity index (χ2v) is 8.09. The van der Waals surface area contributed by atoms with Crippen LogP contribution in [-0.4, -0.2) is 47.8 Å². The Balaban J connectivity index is 1.70. The van der Waals surface area contributed by atoms with Crippen molar-refractivity contribution in [3.8, 4) is 11.5 Å². The van der Waals surface area contributed by atoms with Crippen LogP contribution in [0.1, 0.15) is 43.7 Å². The summed E-state index contributed by atoms with van der Waals surface area (Å²) in [4.78, 5) is 14.3. The number of likely N-dealkylation sites (N-methyl/N-ethyl adjacent to an activating group) is 1. The van der Waals surface area contributed by atoms with Crippen molar-refractivity contribution >= 4 is 5.97 Å². The number of piperidine rings is 1. The van der Waals surface area contributed by atoms with E-state index in [0.717, 1.165) is 38.0 Å². The van der Waals surface area contributed by atoms with Crippen LogP contribution in [0.4, 0.5) is 0 Å². The van der Waals surface area contributed by atoms with E-state index < -0.39 is 6.10 Å². The summed E-state index contributed by atoms with van der Waals surface area (Å²) in [6, 6.07) is 4.49. The van der Waals surface area contributed by atoms with Gasteiger partial charge < -0.3 is 19.5 Å². The molecule has 2 aliphatic heterocycles. The maximum absolute atomic E-state index is 11.8. The number of nitrogens with zero attached hydrogens (tertiary/aromatic N) is 1. The second-order valence-electron chi connectivity index (χ2n) is 8.09. The first-order valence-corrected chi connectivity index (χ1v) is 9.48. The molecule has 5 rings (SSSR count). The van der Waals surface area contributed by atoms with E-state index in [4.69, 9.17) is 9.47 Å². The molecule has 0 aromatic heterocycles. The van der Waals surface area contributed by atoms with Crippen LogP contribution in [0.25, 0.3) is 0 Å². The standard InChI is InChI=1S/C20H25NO4/c1-3-16(23)24-15-7-4-11-10-13-12-5-6-14(22)19-20(12,8-9-21(13)2)17(11)18(15)25-19/h4,7,12-14,19,22H,3,5-6,8-10H2,1-2H3/t12-,13+,14-,19-,20-/m0/s1. The maximum atomic E-state index is 11.8. The van der Waals surface area contributed by atoms with Gasteiger partial charge in [0.1, 0.15) is 6.10 Å². The van der Waals surface area contributed by atoms with Crippen LogP contribution in [0.15, 0.2) is 12.1 Å². The van der Waals surface area contributed by atoms with Gasteiger partial charge in [-0.1, -0.05) is 13.0 Å². The van der Waals surface area contributed by atoms with E-state index in [1.54, 1.807) is 6.92 Å². The lowest BCUT2D eigenvalue weighted by Crippen LogP contribution is -2.66. The quantitative estimate of drug-likeness (QED) is 0.658. The molecule has 0 unspecified atom stereocenters. The molecule has 1 spiro atoms. The highest BCUT2D eigenvalue weighted by molar-refractivity contribution is 5.74. The third kappa shape index (κ3) is 1.88. The second kappa shape index (κ2) is 5.21. The highest BCUT2D eigenvalue weighted by atomic mass is 16.6. The fourth-order valence-corrected chi connectivity index (χ4v) is 5.97. The van der Waals surface area contributed by atoms with Gasteiger partial charge in [-0.05, 0) is 56.8 Å². The van der Waals surface area contributed by atoms with Gasteiger partial charge in [-0.25, -0.2) is 0 Å². The van der Waals surface area contributed by atoms with Crippen LogP contribution in [0.3, 0.4) is 0 Å². The van der Waals surface area contributed by atoms with E-state index in [1.165, 1.54) is 11.1 Å². The zero-order valence-electron chi connectivity index (χ0n) is 14.8. The number of aliphatic hydroxyl groups is 1. The molecule has 25 heavy (non-hydrogen) atoms. The molecule has 0 amide bonds. The summed E-state index contributed by atoms with van der Waals surface area (Å²) in [5.74, 6) is 1.50. The molecule has 2 aliphatic carbocycles. The van der Waals surface area contributed by atoms with Crippen molar-refractivity contribution in [2.75, 3.05) is 13.6 Å². The van der Waals surface area contributed by atoms with Gasteiger partial charge in [-0.15, -0.1) is 0 Å². The molecule has 1 aromatic rings. The van der Waals surface area contributed by atoms with Crippen LogP contribution >= 0.6 is 0 Å². The Labute approximate surface area is 147 Å². The lowest BCUT2D eigenvalue weighted by atomic mass is 9.51. The van der Waals surface area contributed by atoms with Crippen molar-refractivity contribution < 1.29 is 19.4 Å². The Kier molecular flexibility index (Phi) is 3.26. The highest BCUT2D eigenvalue weighted by Gasteiger charge is 2.65. The minimum atomic E-state index is -0.451. The molecule has 0 radical (unpaired) electrons. The number of hydrogen-bond acceptors (Lipinski definition) is 5. The lowest BCUT2D eigenvalue weighted by molar-refractivity contribution is -0.134. The monoisotopic (exact) mass is 343 g/mol. The Morgan fingerprint density at radius 2 is 2.28 bits per heavy atom. The normalized spacial score (nSPS) is 38.0. The minimum Gasteiger partial charge on any atom is -0.483 e. The number of aliphatic hydroxyl groups excluding tert-OH is 1. The van der Waals surface area contributed by atoms with E-state index in [-0.39, 0.29) is 17.5 Å². The number of carbonyl (C=O) groups is 1. The van der Waals surface area contributed by atoms with Gasteiger partial charge >= 0.3 is 5.97 Å². The van der Waals surface area contributed by atoms with E-state index in [9.17, 15) is 9.90 Å². The summed E-state index contributed by atoms with van der Waals surface area (Å²) in [6.07, 6.45) is 3.51. The number of likely N-dealkylation sites (tertiary alicyclic amines) is 1. The Hall–Kier alpha value is -1.59. The number of hydrogen-bond donors (Lipinski definition) is 1.